The van der Waals surface area contributed by atoms with Gasteiger partial charge in [-0.1, -0.05) is 59.1 Å². The second-order valence-corrected chi connectivity index (χ2v) is 10.7. The number of nitrogens with zero attached hydrogens (tertiary/aromatic N) is 1. The molecule has 0 atom stereocenters. The zero-order valence-electron chi connectivity index (χ0n) is 17.2. The summed E-state index contributed by atoms with van der Waals surface area (Å²) in [5.74, 6) is 0.462. The molecule has 1 heterocycles. The molecule has 0 aromatic heterocycles. The van der Waals surface area contributed by atoms with Gasteiger partial charge in [-0.05, 0) is 92.0 Å². The normalized spacial score (nSPS) is 15.8. The quantitative estimate of drug-likeness (QED) is 0.290. The number of carbonyl (C=O) groups is 1. The Bertz CT molecular complexity index is 1290. The van der Waals surface area contributed by atoms with E-state index in [1.807, 2.05) is 24.3 Å². The molecule has 0 bridgehead atoms. The maximum absolute atomic E-state index is 12.5. The van der Waals surface area contributed by atoms with Crippen LogP contribution < -0.4 is 10.1 Å². The molecule has 0 saturated carbocycles. The van der Waals surface area contributed by atoms with Crippen molar-refractivity contribution in [3.05, 3.63) is 95.2 Å². The topological polar surface area (TPSA) is 50.7 Å². The fourth-order valence-electron chi connectivity index (χ4n) is 3.08. The summed E-state index contributed by atoms with van der Waals surface area (Å²) in [6.45, 7) is 2.50. The highest BCUT2D eigenvalue weighted by molar-refractivity contribution is 9.11. The second kappa shape index (κ2) is 10.7. The fraction of sp³-hybridized carbons (Fsp3) is 0.0833. The molecule has 4 rings (SSSR count). The van der Waals surface area contributed by atoms with Gasteiger partial charge in [0.25, 0.3) is 5.91 Å². The van der Waals surface area contributed by atoms with E-state index in [4.69, 9.17) is 27.9 Å². The molecule has 4 nitrogen and oxygen atoms in total. The molecule has 33 heavy (non-hydrogen) atoms. The maximum atomic E-state index is 12.5. The van der Waals surface area contributed by atoms with E-state index in [0.717, 1.165) is 20.1 Å². The van der Waals surface area contributed by atoms with Crippen molar-refractivity contribution in [1.29, 1.82) is 0 Å². The minimum Gasteiger partial charge on any atom is -0.487 e. The number of benzene rings is 3. The van der Waals surface area contributed by atoms with Gasteiger partial charge in [-0.2, -0.15) is 0 Å². The SMILES string of the molecule is Cc1cccc(COc2c(Br)cc(/C=C3\SC(=Nc4cccc(Cl)c4Cl)NC3=O)cc2Br)c1. The third-order valence-electron chi connectivity index (χ3n) is 4.59. The standard InChI is InChI=1S/C24H16Br2Cl2N2O2S/c1-13-4-2-5-14(8-13)12-32-22-16(25)9-15(10-17(22)26)11-20-23(31)30-24(33-20)29-19-7-3-6-18(27)21(19)28/h2-11H,12H2,1H3,(H,29,30,31)/b20-11-. The highest BCUT2D eigenvalue weighted by Crippen LogP contribution is 2.38. The molecule has 0 radical (unpaired) electrons. The smallest absolute Gasteiger partial charge is 0.264 e. The number of aliphatic imine (C=N–C) groups is 1. The van der Waals surface area contributed by atoms with Crippen LogP contribution in [0.15, 0.2) is 73.4 Å². The van der Waals surface area contributed by atoms with Crippen molar-refractivity contribution in [2.75, 3.05) is 0 Å². The molecule has 1 aliphatic heterocycles. The van der Waals surface area contributed by atoms with E-state index in [1.54, 1.807) is 24.3 Å². The van der Waals surface area contributed by atoms with Crippen molar-refractivity contribution in [1.82, 2.24) is 5.32 Å². The van der Waals surface area contributed by atoms with Gasteiger partial charge in [0.05, 0.1) is 29.6 Å². The Labute approximate surface area is 222 Å². The first-order valence-electron chi connectivity index (χ1n) is 9.71. The predicted octanol–water partition coefficient (Wildman–Crippen LogP) is 8.30. The van der Waals surface area contributed by atoms with Gasteiger partial charge in [-0.15, -0.1) is 0 Å². The molecule has 3 aromatic rings. The molecule has 168 valence electrons. The maximum Gasteiger partial charge on any atom is 0.264 e. The van der Waals surface area contributed by atoms with E-state index in [9.17, 15) is 4.79 Å². The number of amides is 1. The summed E-state index contributed by atoms with van der Waals surface area (Å²) in [6, 6.07) is 17.2. The zero-order chi connectivity index (χ0) is 23.5. The minimum absolute atomic E-state index is 0.232. The number of rotatable bonds is 5. The lowest BCUT2D eigenvalue weighted by Gasteiger charge is -2.12. The van der Waals surface area contributed by atoms with Crippen molar-refractivity contribution in [2.24, 2.45) is 4.99 Å². The van der Waals surface area contributed by atoms with Crippen molar-refractivity contribution >= 4 is 89.7 Å². The first-order chi connectivity index (χ1) is 15.8. The summed E-state index contributed by atoms with van der Waals surface area (Å²) in [5, 5.41) is 3.94. The van der Waals surface area contributed by atoms with Gasteiger partial charge in [-0.3, -0.25) is 4.79 Å². The molecule has 1 amide bonds. The lowest BCUT2D eigenvalue weighted by atomic mass is 10.1. The summed E-state index contributed by atoms with van der Waals surface area (Å²) < 4.78 is 7.57. The monoisotopic (exact) mass is 624 g/mol. The van der Waals surface area contributed by atoms with Gasteiger partial charge >= 0.3 is 0 Å². The summed E-state index contributed by atoms with van der Waals surface area (Å²) >= 11 is 20.6. The highest BCUT2D eigenvalue weighted by Gasteiger charge is 2.24. The van der Waals surface area contributed by atoms with Crippen LogP contribution in [0.25, 0.3) is 6.08 Å². The lowest BCUT2D eigenvalue weighted by Crippen LogP contribution is -2.19. The Hall–Kier alpha value is -1.77. The number of thioether (sulfide) groups is 1. The van der Waals surface area contributed by atoms with Crippen LogP contribution in [0.3, 0.4) is 0 Å². The fourth-order valence-corrected chi connectivity index (χ4v) is 5.70. The Morgan fingerprint density at radius 1 is 1.09 bits per heavy atom. The number of amidine groups is 1. The van der Waals surface area contributed by atoms with Crippen LogP contribution in [-0.4, -0.2) is 11.1 Å². The number of hydrogen-bond donors (Lipinski definition) is 1. The van der Waals surface area contributed by atoms with Gasteiger partial charge in [0, 0.05) is 0 Å². The number of ether oxygens (including phenoxy) is 1. The van der Waals surface area contributed by atoms with E-state index in [2.05, 4.69) is 61.2 Å². The average Bonchev–Trinajstić information content (AvgIpc) is 3.09. The van der Waals surface area contributed by atoms with Crippen LogP contribution in [0.2, 0.25) is 10.0 Å². The van der Waals surface area contributed by atoms with Crippen LogP contribution in [0, 0.1) is 6.92 Å². The third kappa shape index (κ3) is 6.03. The molecular weight excluding hydrogens is 611 g/mol. The number of nitrogens with one attached hydrogen (secondary N) is 1. The van der Waals surface area contributed by atoms with E-state index < -0.39 is 0 Å². The van der Waals surface area contributed by atoms with Crippen LogP contribution in [0.5, 0.6) is 5.75 Å². The van der Waals surface area contributed by atoms with E-state index >= 15 is 0 Å². The Morgan fingerprint density at radius 2 is 1.82 bits per heavy atom. The summed E-state index contributed by atoms with van der Waals surface area (Å²) in [7, 11) is 0. The molecule has 3 aromatic carbocycles. The number of hydrogen-bond acceptors (Lipinski definition) is 4. The van der Waals surface area contributed by atoms with Crippen molar-refractivity contribution in [2.45, 2.75) is 13.5 Å². The molecule has 1 aliphatic rings. The summed E-state index contributed by atoms with van der Waals surface area (Å²) in [6.07, 6.45) is 1.79. The van der Waals surface area contributed by atoms with Crippen LogP contribution in [0.4, 0.5) is 5.69 Å². The van der Waals surface area contributed by atoms with Gasteiger partial charge in [0.15, 0.2) is 5.17 Å². The molecule has 0 aliphatic carbocycles. The van der Waals surface area contributed by atoms with Crippen LogP contribution in [-0.2, 0) is 11.4 Å². The molecule has 1 fully saturated rings. The first kappa shape index (κ1) is 24.4. The minimum atomic E-state index is -0.232. The Morgan fingerprint density at radius 3 is 2.55 bits per heavy atom. The first-order valence-corrected chi connectivity index (χ1v) is 12.9. The van der Waals surface area contributed by atoms with Crippen molar-refractivity contribution in [3.63, 3.8) is 0 Å². The van der Waals surface area contributed by atoms with Crippen LogP contribution >= 0.6 is 66.8 Å². The lowest BCUT2D eigenvalue weighted by molar-refractivity contribution is -0.115. The van der Waals surface area contributed by atoms with Crippen molar-refractivity contribution in [3.8, 4) is 5.75 Å². The number of carbonyl (C=O) groups excluding carboxylic acids is 1. The molecule has 1 N–H and O–H groups in total. The molecule has 1 saturated heterocycles. The van der Waals surface area contributed by atoms with Crippen LogP contribution in [0.1, 0.15) is 16.7 Å². The number of halogens is 4. The Kier molecular flexibility index (Phi) is 7.87. The second-order valence-electron chi connectivity index (χ2n) is 7.15. The van der Waals surface area contributed by atoms with E-state index in [-0.39, 0.29) is 5.91 Å². The van der Waals surface area contributed by atoms with E-state index in [1.165, 1.54) is 17.3 Å². The molecule has 0 spiro atoms. The summed E-state index contributed by atoms with van der Waals surface area (Å²) in [4.78, 5) is 17.4. The van der Waals surface area contributed by atoms with Crippen molar-refractivity contribution < 1.29 is 9.53 Å². The average molecular weight is 627 g/mol. The molecule has 9 heteroatoms. The highest BCUT2D eigenvalue weighted by atomic mass is 79.9. The zero-order valence-corrected chi connectivity index (χ0v) is 22.7. The molecular formula is C24H16Br2Cl2N2O2S. The van der Waals surface area contributed by atoms with E-state index in [0.29, 0.717) is 38.2 Å². The number of aryl methyl sites for hydroxylation is 1. The molecule has 0 unspecified atom stereocenters. The predicted molar refractivity (Wildman–Crippen MR) is 145 cm³/mol. The van der Waals surface area contributed by atoms with Gasteiger partial charge < -0.3 is 10.1 Å². The summed E-state index contributed by atoms with van der Waals surface area (Å²) in [5.41, 5.74) is 3.60. The van der Waals surface area contributed by atoms with Gasteiger partial charge in [-0.25, -0.2) is 4.99 Å². The largest absolute Gasteiger partial charge is 0.487 e. The Balaban J connectivity index is 1.52. The third-order valence-corrected chi connectivity index (χ3v) is 7.48. The van der Waals surface area contributed by atoms with Gasteiger partial charge in [0.1, 0.15) is 12.4 Å². The van der Waals surface area contributed by atoms with Gasteiger partial charge in [0.2, 0.25) is 0 Å².